The molecule has 2 nitrogen and oxygen atoms in total. The van der Waals surface area contributed by atoms with Crippen LogP contribution in [0.15, 0.2) is 48.5 Å². The summed E-state index contributed by atoms with van der Waals surface area (Å²) in [5, 5.41) is 2.93. The molecular formula is C17H15F2NO. The average molecular weight is 287 g/mol. The summed E-state index contributed by atoms with van der Waals surface area (Å²) in [7, 11) is 0. The van der Waals surface area contributed by atoms with Crippen molar-refractivity contribution in [2.45, 2.75) is 24.8 Å². The monoisotopic (exact) mass is 287 g/mol. The third-order valence-corrected chi connectivity index (χ3v) is 3.91. The van der Waals surface area contributed by atoms with Crippen LogP contribution in [0.3, 0.4) is 0 Å². The average Bonchev–Trinajstić information content (AvgIpc) is 2.84. The van der Waals surface area contributed by atoms with E-state index in [0.717, 1.165) is 11.6 Å². The molecule has 3 rings (SSSR count). The van der Waals surface area contributed by atoms with Crippen molar-refractivity contribution in [2.24, 2.45) is 0 Å². The normalized spacial score (nSPS) is 21.3. The minimum absolute atomic E-state index is 0.0503. The molecular weight excluding hydrogens is 272 g/mol. The van der Waals surface area contributed by atoms with Crippen LogP contribution in [-0.4, -0.2) is 11.9 Å². The van der Waals surface area contributed by atoms with E-state index in [2.05, 4.69) is 5.32 Å². The third-order valence-electron chi connectivity index (χ3n) is 3.91. The van der Waals surface area contributed by atoms with E-state index in [4.69, 9.17) is 0 Å². The van der Waals surface area contributed by atoms with Crippen molar-refractivity contribution in [1.29, 1.82) is 0 Å². The van der Waals surface area contributed by atoms with Crippen molar-refractivity contribution in [3.8, 4) is 0 Å². The van der Waals surface area contributed by atoms with Crippen molar-refractivity contribution >= 4 is 5.91 Å². The van der Waals surface area contributed by atoms with E-state index in [-0.39, 0.29) is 17.9 Å². The second-order valence-corrected chi connectivity index (χ2v) is 5.35. The topological polar surface area (TPSA) is 29.1 Å². The van der Waals surface area contributed by atoms with Crippen LogP contribution in [0, 0.1) is 11.6 Å². The Morgan fingerprint density at radius 1 is 1.05 bits per heavy atom. The highest BCUT2D eigenvalue weighted by Gasteiger charge is 2.33. The highest BCUT2D eigenvalue weighted by molar-refractivity contribution is 5.80. The van der Waals surface area contributed by atoms with E-state index < -0.39 is 11.6 Å². The van der Waals surface area contributed by atoms with Gasteiger partial charge in [0.05, 0.1) is 0 Å². The molecule has 0 saturated carbocycles. The molecule has 1 aliphatic rings. The molecule has 1 saturated heterocycles. The maximum absolute atomic E-state index is 13.4. The van der Waals surface area contributed by atoms with Crippen LogP contribution in [0.25, 0.3) is 0 Å². The van der Waals surface area contributed by atoms with Crippen molar-refractivity contribution in [3.05, 3.63) is 71.3 Å². The lowest BCUT2D eigenvalue weighted by Gasteiger charge is -2.19. The van der Waals surface area contributed by atoms with Gasteiger partial charge < -0.3 is 5.32 Å². The van der Waals surface area contributed by atoms with Crippen molar-refractivity contribution in [2.75, 3.05) is 0 Å². The lowest BCUT2D eigenvalue weighted by atomic mass is 9.88. The van der Waals surface area contributed by atoms with Gasteiger partial charge in [0, 0.05) is 18.4 Å². The molecule has 2 atom stereocenters. The molecule has 1 heterocycles. The molecule has 1 fully saturated rings. The van der Waals surface area contributed by atoms with E-state index in [0.29, 0.717) is 18.4 Å². The van der Waals surface area contributed by atoms with Gasteiger partial charge in [0.15, 0.2) is 11.6 Å². The molecule has 0 bridgehead atoms. The number of carbonyl (C=O) groups is 1. The maximum Gasteiger partial charge on any atom is 0.220 e. The zero-order valence-corrected chi connectivity index (χ0v) is 11.4. The van der Waals surface area contributed by atoms with Crippen LogP contribution in [-0.2, 0) is 11.2 Å². The maximum atomic E-state index is 13.4. The first-order valence-corrected chi connectivity index (χ1v) is 6.92. The first-order valence-electron chi connectivity index (χ1n) is 6.92. The SMILES string of the molecule is O=C1CC(c2ccc(F)c(F)c2)C(Cc2ccccc2)N1. The van der Waals surface area contributed by atoms with Gasteiger partial charge >= 0.3 is 0 Å². The van der Waals surface area contributed by atoms with Gasteiger partial charge in [-0.15, -0.1) is 0 Å². The van der Waals surface area contributed by atoms with Gasteiger partial charge in [-0.3, -0.25) is 4.79 Å². The van der Waals surface area contributed by atoms with Gasteiger partial charge in [-0.1, -0.05) is 36.4 Å². The zero-order valence-electron chi connectivity index (χ0n) is 11.4. The van der Waals surface area contributed by atoms with Crippen LogP contribution in [0.5, 0.6) is 0 Å². The Bertz CT molecular complexity index is 657. The fourth-order valence-electron chi connectivity index (χ4n) is 2.86. The minimum Gasteiger partial charge on any atom is -0.352 e. The minimum atomic E-state index is -0.870. The molecule has 108 valence electrons. The van der Waals surface area contributed by atoms with Gasteiger partial charge in [0.25, 0.3) is 0 Å². The van der Waals surface area contributed by atoms with E-state index >= 15 is 0 Å². The standard InChI is InChI=1S/C17H15F2NO/c18-14-7-6-12(9-15(14)19)13-10-17(21)20-16(13)8-11-4-2-1-3-5-11/h1-7,9,13,16H,8,10H2,(H,20,21). The van der Waals surface area contributed by atoms with E-state index in [1.165, 1.54) is 6.07 Å². The summed E-state index contributed by atoms with van der Waals surface area (Å²) in [5.41, 5.74) is 1.77. The van der Waals surface area contributed by atoms with Gasteiger partial charge in [-0.2, -0.15) is 0 Å². The van der Waals surface area contributed by atoms with E-state index in [9.17, 15) is 13.6 Å². The molecule has 1 amide bonds. The predicted molar refractivity (Wildman–Crippen MR) is 75.8 cm³/mol. The Morgan fingerprint density at radius 2 is 1.81 bits per heavy atom. The molecule has 0 aromatic heterocycles. The Kier molecular flexibility index (Phi) is 3.69. The molecule has 0 radical (unpaired) electrons. The summed E-state index contributed by atoms with van der Waals surface area (Å²) < 4.78 is 26.5. The Balaban J connectivity index is 1.85. The number of amides is 1. The number of hydrogen-bond donors (Lipinski definition) is 1. The van der Waals surface area contributed by atoms with Gasteiger partial charge in [0.2, 0.25) is 5.91 Å². The molecule has 21 heavy (non-hydrogen) atoms. The van der Waals surface area contributed by atoms with E-state index in [1.54, 1.807) is 6.07 Å². The molecule has 0 aliphatic carbocycles. The lowest BCUT2D eigenvalue weighted by molar-refractivity contribution is -0.119. The summed E-state index contributed by atoms with van der Waals surface area (Å²) >= 11 is 0. The zero-order chi connectivity index (χ0) is 14.8. The van der Waals surface area contributed by atoms with Gasteiger partial charge in [0.1, 0.15) is 0 Å². The summed E-state index contributed by atoms with van der Waals surface area (Å²) in [6.07, 6.45) is 0.985. The molecule has 1 aliphatic heterocycles. The second kappa shape index (κ2) is 5.64. The molecule has 2 unspecified atom stereocenters. The predicted octanol–water partition coefficient (Wildman–Crippen LogP) is 3.18. The number of rotatable bonds is 3. The highest BCUT2D eigenvalue weighted by atomic mass is 19.2. The largest absolute Gasteiger partial charge is 0.352 e. The summed E-state index contributed by atoms with van der Waals surface area (Å²) in [5.74, 6) is -1.92. The number of benzene rings is 2. The summed E-state index contributed by atoms with van der Waals surface area (Å²) in [6.45, 7) is 0. The highest BCUT2D eigenvalue weighted by Crippen LogP contribution is 2.31. The number of carbonyl (C=O) groups excluding carboxylic acids is 1. The van der Waals surface area contributed by atoms with Crippen molar-refractivity contribution in [3.63, 3.8) is 0 Å². The first kappa shape index (κ1) is 13.7. The van der Waals surface area contributed by atoms with Crippen LogP contribution < -0.4 is 5.32 Å². The van der Waals surface area contributed by atoms with Crippen LogP contribution in [0.2, 0.25) is 0 Å². The second-order valence-electron chi connectivity index (χ2n) is 5.35. The van der Waals surface area contributed by atoms with Crippen LogP contribution >= 0.6 is 0 Å². The molecule has 4 heteroatoms. The fraction of sp³-hybridized carbons (Fsp3) is 0.235. The van der Waals surface area contributed by atoms with Gasteiger partial charge in [-0.25, -0.2) is 8.78 Å². The van der Waals surface area contributed by atoms with Crippen molar-refractivity contribution in [1.82, 2.24) is 5.32 Å². The number of nitrogens with one attached hydrogen (secondary N) is 1. The smallest absolute Gasteiger partial charge is 0.220 e. The Labute approximate surface area is 121 Å². The Morgan fingerprint density at radius 3 is 2.52 bits per heavy atom. The lowest BCUT2D eigenvalue weighted by Crippen LogP contribution is -2.30. The molecule has 1 N–H and O–H groups in total. The Hall–Kier alpha value is -2.23. The number of hydrogen-bond acceptors (Lipinski definition) is 1. The fourth-order valence-corrected chi connectivity index (χ4v) is 2.86. The summed E-state index contributed by atoms with van der Waals surface area (Å²) in [6, 6.07) is 13.6. The molecule has 0 spiro atoms. The van der Waals surface area contributed by atoms with E-state index in [1.807, 2.05) is 30.3 Å². The van der Waals surface area contributed by atoms with Crippen molar-refractivity contribution < 1.29 is 13.6 Å². The number of halogens is 2. The van der Waals surface area contributed by atoms with Crippen LogP contribution in [0.1, 0.15) is 23.5 Å². The van der Waals surface area contributed by atoms with Gasteiger partial charge in [-0.05, 0) is 29.7 Å². The summed E-state index contributed by atoms with van der Waals surface area (Å²) in [4.78, 5) is 11.7. The molecule has 2 aromatic carbocycles. The third kappa shape index (κ3) is 2.94. The first-order chi connectivity index (χ1) is 10.1. The molecule has 2 aromatic rings. The van der Waals surface area contributed by atoms with Crippen LogP contribution in [0.4, 0.5) is 8.78 Å². The quantitative estimate of drug-likeness (QED) is 0.923.